The van der Waals surface area contributed by atoms with Gasteiger partial charge in [0, 0.05) is 17.0 Å². The van der Waals surface area contributed by atoms with Gasteiger partial charge in [0.1, 0.15) is 10.8 Å². The summed E-state index contributed by atoms with van der Waals surface area (Å²) in [6.45, 7) is 0. The van der Waals surface area contributed by atoms with Crippen molar-refractivity contribution in [1.82, 2.24) is 9.97 Å². The van der Waals surface area contributed by atoms with E-state index in [0.29, 0.717) is 0 Å². The van der Waals surface area contributed by atoms with E-state index in [1.807, 2.05) is 41.8 Å². The first kappa shape index (κ1) is 10.9. The maximum Gasteiger partial charge on any atom is 0.146 e. The van der Waals surface area contributed by atoms with Crippen LogP contribution in [0.25, 0.3) is 10.9 Å². The zero-order chi connectivity index (χ0) is 12.2. The van der Waals surface area contributed by atoms with Gasteiger partial charge in [-0.15, -0.1) is 11.3 Å². The van der Waals surface area contributed by atoms with Crippen LogP contribution in [0.1, 0.15) is 5.01 Å². The van der Waals surface area contributed by atoms with Gasteiger partial charge in [0.15, 0.2) is 0 Å². The second-order valence-electron chi connectivity index (χ2n) is 3.63. The van der Waals surface area contributed by atoms with E-state index in [1.54, 1.807) is 12.4 Å². The number of pyridine rings is 1. The first-order valence-electron chi connectivity index (χ1n) is 5.46. The Labute approximate surface area is 108 Å². The number of hydrogen-bond donors (Lipinski definition) is 1. The smallest absolute Gasteiger partial charge is 0.146 e. The molecule has 0 atom stereocenters. The monoisotopic (exact) mass is 254 g/mol. The van der Waals surface area contributed by atoms with E-state index in [2.05, 4.69) is 20.5 Å². The Bertz CT molecular complexity index is 676. The number of para-hydroxylation sites is 1. The molecule has 4 nitrogen and oxygen atoms in total. The molecule has 0 radical (unpaired) electrons. The Morgan fingerprint density at radius 3 is 3.00 bits per heavy atom. The van der Waals surface area contributed by atoms with E-state index >= 15 is 0 Å². The molecule has 3 aromatic rings. The number of hydrazone groups is 1. The third-order valence-corrected chi connectivity index (χ3v) is 3.11. The van der Waals surface area contributed by atoms with Crippen LogP contribution in [-0.2, 0) is 0 Å². The van der Waals surface area contributed by atoms with Gasteiger partial charge in [-0.05, 0) is 18.2 Å². The summed E-state index contributed by atoms with van der Waals surface area (Å²) >= 11 is 1.54. The maximum atomic E-state index is 4.45. The summed E-state index contributed by atoms with van der Waals surface area (Å²) in [6, 6.07) is 11.9. The second-order valence-corrected chi connectivity index (χ2v) is 4.56. The SMILES string of the molecule is C(=N\Nc1ccc2ccccc2n1)/c1nccs1. The lowest BCUT2D eigenvalue weighted by atomic mass is 10.2. The molecule has 1 aromatic carbocycles. The minimum atomic E-state index is 0.724. The minimum Gasteiger partial charge on any atom is -0.261 e. The van der Waals surface area contributed by atoms with E-state index in [9.17, 15) is 0 Å². The molecule has 5 heteroatoms. The topological polar surface area (TPSA) is 50.2 Å². The van der Waals surface area contributed by atoms with Crippen LogP contribution in [0.15, 0.2) is 53.1 Å². The standard InChI is InChI=1S/C13H10N4S/c1-2-4-11-10(3-1)5-6-12(16-11)17-15-9-13-14-7-8-18-13/h1-9H,(H,16,17)/b15-9+. The third kappa shape index (κ3) is 2.36. The highest BCUT2D eigenvalue weighted by Crippen LogP contribution is 2.14. The highest BCUT2D eigenvalue weighted by atomic mass is 32.1. The Morgan fingerprint density at radius 2 is 2.11 bits per heavy atom. The maximum absolute atomic E-state index is 4.45. The van der Waals surface area contributed by atoms with E-state index in [0.717, 1.165) is 21.7 Å². The van der Waals surface area contributed by atoms with Gasteiger partial charge in [0.25, 0.3) is 0 Å². The van der Waals surface area contributed by atoms with Crippen molar-refractivity contribution in [3.8, 4) is 0 Å². The first-order chi connectivity index (χ1) is 8.92. The number of nitrogens with zero attached hydrogens (tertiary/aromatic N) is 3. The molecule has 0 aliphatic carbocycles. The fraction of sp³-hybridized carbons (Fsp3) is 0. The fourth-order valence-electron chi connectivity index (χ4n) is 1.58. The number of anilines is 1. The molecule has 0 saturated heterocycles. The summed E-state index contributed by atoms with van der Waals surface area (Å²) in [5, 5.41) is 8.00. The summed E-state index contributed by atoms with van der Waals surface area (Å²) in [6.07, 6.45) is 3.43. The normalized spacial score (nSPS) is 11.1. The second kappa shape index (κ2) is 4.93. The summed E-state index contributed by atoms with van der Waals surface area (Å²) in [5.41, 5.74) is 3.85. The van der Waals surface area contributed by atoms with Gasteiger partial charge >= 0.3 is 0 Å². The molecule has 0 aliphatic rings. The zero-order valence-corrected chi connectivity index (χ0v) is 10.3. The highest BCUT2D eigenvalue weighted by molar-refractivity contribution is 7.11. The van der Waals surface area contributed by atoms with Gasteiger partial charge in [0.05, 0.1) is 11.7 Å². The quantitative estimate of drug-likeness (QED) is 0.577. The Morgan fingerprint density at radius 1 is 1.17 bits per heavy atom. The van der Waals surface area contributed by atoms with Crippen molar-refractivity contribution in [3.63, 3.8) is 0 Å². The molecule has 88 valence electrons. The van der Waals surface area contributed by atoms with Crippen LogP contribution in [0.2, 0.25) is 0 Å². The molecule has 0 unspecified atom stereocenters. The largest absolute Gasteiger partial charge is 0.261 e. The molecular weight excluding hydrogens is 244 g/mol. The fourth-order valence-corrected chi connectivity index (χ4v) is 2.08. The van der Waals surface area contributed by atoms with E-state index in [1.165, 1.54) is 11.3 Å². The molecule has 1 N–H and O–H groups in total. The molecule has 2 heterocycles. The lowest BCUT2D eigenvalue weighted by Crippen LogP contribution is -1.93. The summed E-state index contributed by atoms with van der Waals surface area (Å²) < 4.78 is 0. The molecule has 0 saturated carbocycles. The number of benzene rings is 1. The van der Waals surface area contributed by atoms with Gasteiger partial charge in [0.2, 0.25) is 0 Å². The van der Waals surface area contributed by atoms with Gasteiger partial charge in [-0.2, -0.15) is 5.10 Å². The summed E-state index contributed by atoms with van der Waals surface area (Å²) in [4.78, 5) is 8.56. The molecule has 0 spiro atoms. The van der Waals surface area contributed by atoms with Crippen molar-refractivity contribution in [2.45, 2.75) is 0 Å². The number of nitrogens with one attached hydrogen (secondary N) is 1. The Balaban J connectivity index is 1.78. The zero-order valence-electron chi connectivity index (χ0n) is 9.45. The van der Waals surface area contributed by atoms with Crippen molar-refractivity contribution >= 4 is 34.3 Å². The lowest BCUT2D eigenvalue weighted by Gasteiger charge is -2.01. The van der Waals surface area contributed by atoms with Gasteiger partial charge < -0.3 is 0 Å². The van der Waals surface area contributed by atoms with E-state index in [-0.39, 0.29) is 0 Å². The molecule has 3 rings (SSSR count). The number of fused-ring (bicyclic) bond motifs is 1. The molecule has 0 aliphatic heterocycles. The van der Waals surface area contributed by atoms with Crippen molar-refractivity contribution in [3.05, 3.63) is 53.0 Å². The van der Waals surface area contributed by atoms with Gasteiger partial charge in [-0.1, -0.05) is 18.2 Å². The minimum absolute atomic E-state index is 0.724. The van der Waals surface area contributed by atoms with Crippen LogP contribution in [0, 0.1) is 0 Å². The van der Waals surface area contributed by atoms with Crippen LogP contribution in [0.5, 0.6) is 0 Å². The predicted octanol–water partition coefficient (Wildman–Crippen LogP) is 3.14. The lowest BCUT2D eigenvalue weighted by molar-refractivity contribution is 1.26. The van der Waals surface area contributed by atoms with Gasteiger partial charge in [-0.25, -0.2) is 9.97 Å². The van der Waals surface area contributed by atoms with Crippen molar-refractivity contribution < 1.29 is 0 Å². The average Bonchev–Trinajstić information content (AvgIpc) is 2.92. The molecule has 2 aromatic heterocycles. The number of rotatable bonds is 3. The van der Waals surface area contributed by atoms with Crippen molar-refractivity contribution in [2.24, 2.45) is 5.10 Å². The number of aromatic nitrogens is 2. The van der Waals surface area contributed by atoms with Crippen molar-refractivity contribution in [2.75, 3.05) is 5.43 Å². The number of thiazole rings is 1. The van der Waals surface area contributed by atoms with E-state index < -0.39 is 0 Å². The summed E-state index contributed by atoms with van der Waals surface area (Å²) in [7, 11) is 0. The Kier molecular flexibility index (Phi) is 2.97. The summed E-state index contributed by atoms with van der Waals surface area (Å²) in [5.74, 6) is 0.724. The molecule has 18 heavy (non-hydrogen) atoms. The predicted molar refractivity (Wildman–Crippen MR) is 75.1 cm³/mol. The highest BCUT2D eigenvalue weighted by Gasteiger charge is 1.95. The van der Waals surface area contributed by atoms with Crippen LogP contribution >= 0.6 is 11.3 Å². The van der Waals surface area contributed by atoms with Gasteiger partial charge in [-0.3, -0.25) is 5.43 Å². The third-order valence-electron chi connectivity index (χ3n) is 2.40. The van der Waals surface area contributed by atoms with Crippen molar-refractivity contribution in [1.29, 1.82) is 0 Å². The molecule has 0 fully saturated rings. The van der Waals surface area contributed by atoms with Crippen LogP contribution in [0.3, 0.4) is 0 Å². The average molecular weight is 254 g/mol. The van der Waals surface area contributed by atoms with E-state index in [4.69, 9.17) is 0 Å². The molecule has 0 bridgehead atoms. The van der Waals surface area contributed by atoms with Crippen LogP contribution in [-0.4, -0.2) is 16.2 Å². The molecular formula is C13H10N4S. The van der Waals surface area contributed by atoms with Crippen LogP contribution in [0.4, 0.5) is 5.82 Å². The first-order valence-corrected chi connectivity index (χ1v) is 6.34. The molecule has 0 amide bonds. The van der Waals surface area contributed by atoms with Crippen LogP contribution < -0.4 is 5.43 Å². The number of hydrogen-bond acceptors (Lipinski definition) is 5. The Hall–Kier alpha value is -2.27.